The number of carbonyl (C=O) groups excluding carboxylic acids is 1. The molecule has 1 aliphatic heterocycles. The zero-order valence-corrected chi connectivity index (χ0v) is 11.2. The normalized spacial score (nSPS) is 38.0. The van der Waals surface area contributed by atoms with E-state index in [0.717, 1.165) is 18.9 Å². The van der Waals surface area contributed by atoms with Crippen LogP contribution in [0.15, 0.2) is 0 Å². The van der Waals surface area contributed by atoms with Gasteiger partial charge in [-0.25, -0.2) is 0 Å². The van der Waals surface area contributed by atoms with Gasteiger partial charge in [0.05, 0.1) is 6.04 Å². The first kappa shape index (κ1) is 12.9. The molecule has 1 saturated carbocycles. The molecule has 0 aromatic heterocycles. The Morgan fingerprint density at radius 1 is 1.24 bits per heavy atom. The highest BCUT2D eigenvalue weighted by atomic mass is 16.2. The molecule has 1 heterocycles. The molecule has 1 amide bonds. The molecule has 0 radical (unpaired) electrons. The second-order valence-electron chi connectivity index (χ2n) is 5.83. The van der Waals surface area contributed by atoms with Crippen LogP contribution in [0.4, 0.5) is 0 Å². The Kier molecular flexibility index (Phi) is 4.43. The van der Waals surface area contributed by atoms with E-state index < -0.39 is 0 Å². The van der Waals surface area contributed by atoms with Crippen molar-refractivity contribution < 1.29 is 4.79 Å². The molecule has 2 rings (SSSR count). The highest BCUT2D eigenvalue weighted by Crippen LogP contribution is 2.26. The quantitative estimate of drug-likeness (QED) is 0.790. The van der Waals surface area contributed by atoms with Gasteiger partial charge in [0.1, 0.15) is 0 Å². The van der Waals surface area contributed by atoms with E-state index in [-0.39, 0.29) is 11.9 Å². The standard InChI is InChI=1S/C14H26N2O/c1-3-11-4-6-12(7-5-11)16-14(17)13-10(2)8-9-15-13/h10-13,15H,3-9H2,1-2H3,(H,16,17). The molecule has 2 atom stereocenters. The first-order valence-corrected chi connectivity index (χ1v) is 7.24. The summed E-state index contributed by atoms with van der Waals surface area (Å²) in [6, 6.07) is 0.485. The molecular formula is C14H26N2O. The van der Waals surface area contributed by atoms with Gasteiger partial charge in [-0.1, -0.05) is 20.3 Å². The Hall–Kier alpha value is -0.570. The topological polar surface area (TPSA) is 41.1 Å². The molecule has 0 aromatic rings. The average molecular weight is 238 g/mol. The van der Waals surface area contributed by atoms with Gasteiger partial charge >= 0.3 is 0 Å². The number of amides is 1. The Morgan fingerprint density at radius 2 is 1.94 bits per heavy atom. The van der Waals surface area contributed by atoms with E-state index in [1.54, 1.807) is 0 Å². The first-order valence-electron chi connectivity index (χ1n) is 7.24. The molecule has 2 aliphatic rings. The summed E-state index contributed by atoms with van der Waals surface area (Å²) in [5, 5.41) is 6.54. The van der Waals surface area contributed by atoms with Gasteiger partial charge in [0, 0.05) is 6.04 Å². The molecule has 1 aliphatic carbocycles. The van der Waals surface area contributed by atoms with Crippen LogP contribution < -0.4 is 10.6 Å². The lowest BCUT2D eigenvalue weighted by molar-refractivity contribution is -0.124. The third-order valence-corrected chi connectivity index (χ3v) is 4.59. The largest absolute Gasteiger partial charge is 0.352 e. The predicted octanol–water partition coefficient (Wildman–Crippen LogP) is 2.07. The van der Waals surface area contributed by atoms with Crippen molar-refractivity contribution in [3.8, 4) is 0 Å². The number of rotatable bonds is 3. The molecule has 0 bridgehead atoms. The van der Waals surface area contributed by atoms with Gasteiger partial charge in [-0.05, 0) is 50.5 Å². The Bertz CT molecular complexity index is 259. The summed E-state index contributed by atoms with van der Waals surface area (Å²) in [5.41, 5.74) is 0. The smallest absolute Gasteiger partial charge is 0.237 e. The monoisotopic (exact) mass is 238 g/mol. The highest BCUT2D eigenvalue weighted by Gasteiger charge is 2.31. The van der Waals surface area contributed by atoms with E-state index in [2.05, 4.69) is 24.5 Å². The zero-order valence-electron chi connectivity index (χ0n) is 11.2. The maximum absolute atomic E-state index is 12.1. The van der Waals surface area contributed by atoms with Crippen molar-refractivity contribution in [2.24, 2.45) is 11.8 Å². The predicted molar refractivity (Wildman–Crippen MR) is 69.8 cm³/mol. The molecule has 3 nitrogen and oxygen atoms in total. The SMILES string of the molecule is CCC1CCC(NC(=O)C2NCCC2C)CC1. The van der Waals surface area contributed by atoms with Gasteiger partial charge in [-0.15, -0.1) is 0 Å². The maximum Gasteiger partial charge on any atom is 0.237 e. The Morgan fingerprint density at radius 3 is 2.47 bits per heavy atom. The van der Waals surface area contributed by atoms with E-state index >= 15 is 0 Å². The van der Waals surface area contributed by atoms with Gasteiger partial charge in [0.2, 0.25) is 5.91 Å². The minimum Gasteiger partial charge on any atom is -0.352 e. The van der Waals surface area contributed by atoms with E-state index in [0.29, 0.717) is 12.0 Å². The van der Waals surface area contributed by atoms with Crippen LogP contribution in [0.1, 0.15) is 52.4 Å². The van der Waals surface area contributed by atoms with E-state index in [1.165, 1.54) is 32.1 Å². The van der Waals surface area contributed by atoms with Crippen molar-refractivity contribution in [3.63, 3.8) is 0 Å². The third kappa shape index (κ3) is 3.21. The summed E-state index contributed by atoms with van der Waals surface area (Å²) in [7, 11) is 0. The van der Waals surface area contributed by atoms with Crippen LogP contribution in [0.2, 0.25) is 0 Å². The second-order valence-corrected chi connectivity index (χ2v) is 5.83. The summed E-state index contributed by atoms with van der Waals surface area (Å²) >= 11 is 0. The number of nitrogens with one attached hydrogen (secondary N) is 2. The minimum absolute atomic E-state index is 0.0545. The molecule has 0 spiro atoms. The lowest BCUT2D eigenvalue weighted by Crippen LogP contribution is -2.48. The summed E-state index contributed by atoms with van der Waals surface area (Å²) in [6.07, 6.45) is 7.34. The van der Waals surface area contributed by atoms with Gasteiger partial charge in [0.15, 0.2) is 0 Å². The van der Waals surface area contributed by atoms with Crippen molar-refractivity contribution in [2.75, 3.05) is 6.54 Å². The van der Waals surface area contributed by atoms with Crippen LogP contribution in [0.3, 0.4) is 0 Å². The molecule has 2 fully saturated rings. The fourth-order valence-corrected chi connectivity index (χ4v) is 3.19. The first-order chi connectivity index (χ1) is 8.20. The Balaban J connectivity index is 1.76. The molecule has 2 N–H and O–H groups in total. The van der Waals surface area contributed by atoms with Crippen LogP contribution >= 0.6 is 0 Å². The van der Waals surface area contributed by atoms with Crippen molar-refractivity contribution in [2.45, 2.75) is 64.5 Å². The van der Waals surface area contributed by atoms with Gasteiger partial charge in [-0.3, -0.25) is 4.79 Å². The van der Waals surface area contributed by atoms with E-state index in [9.17, 15) is 4.79 Å². The van der Waals surface area contributed by atoms with Crippen molar-refractivity contribution in [1.29, 1.82) is 0 Å². The average Bonchev–Trinajstić information content (AvgIpc) is 2.76. The van der Waals surface area contributed by atoms with Crippen LogP contribution in [-0.2, 0) is 4.79 Å². The molecular weight excluding hydrogens is 212 g/mol. The maximum atomic E-state index is 12.1. The highest BCUT2D eigenvalue weighted by molar-refractivity contribution is 5.82. The Labute approximate surface area is 105 Å². The van der Waals surface area contributed by atoms with Crippen molar-refractivity contribution in [1.82, 2.24) is 10.6 Å². The van der Waals surface area contributed by atoms with Crippen LogP contribution in [0.5, 0.6) is 0 Å². The fourth-order valence-electron chi connectivity index (χ4n) is 3.19. The van der Waals surface area contributed by atoms with Gasteiger partial charge in [0.25, 0.3) is 0 Å². The lowest BCUT2D eigenvalue weighted by atomic mass is 9.84. The van der Waals surface area contributed by atoms with Crippen LogP contribution in [0.25, 0.3) is 0 Å². The number of carbonyl (C=O) groups is 1. The van der Waals surface area contributed by atoms with Gasteiger partial charge in [-0.2, -0.15) is 0 Å². The molecule has 3 heteroatoms. The summed E-state index contributed by atoms with van der Waals surface area (Å²) in [5.74, 6) is 1.61. The third-order valence-electron chi connectivity index (χ3n) is 4.59. The summed E-state index contributed by atoms with van der Waals surface area (Å²) in [4.78, 5) is 12.1. The molecule has 0 aromatic carbocycles. The molecule has 1 saturated heterocycles. The van der Waals surface area contributed by atoms with Crippen molar-refractivity contribution >= 4 is 5.91 Å². The number of hydrogen-bond donors (Lipinski definition) is 2. The second kappa shape index (κ2) is 5.85. The van der Waals surface area contributed by atoms with Crippen molar-refractivity contribution in [3.05, 3.63) is 0 Å². The van der Waals surface area contributed by atoms with Crippen LogP contribution in [-0.4, -0.2) is 24.5 Å². The van der Waals surface area contributed by atoms with E-state index in [4.69, 9.17) is 0 Å². The van der Waals surface area contributed by atoms with Gasteiger partial charge < -0.3 is 10.6 Å². The summed E-state index contributed by atoms with van der Waals surface area (Å²) < 4.78 is 0. The van der Waals surface area contributed by atoms with E-state index in [1.807, 2.05) is 0 Å². The lowest BCUT2D eigenvalue weighted by Gasteiger charge is -2.29. The zero-order chi connectivity index (χ0) is 12.3. The molecule has 17 heavy (non-hydrogen) atoms. The summed E-state index contributed by atoms with van der Waals surface area (Å²) in [6.45, 7) is 5.42. The fraction of sp³-hybridized carbons (Fsp3) is 0.929. The van der Waals surface area contributed by atoms with Crippen LogP contribution in [0, 0.1) is 11.8 Å². The molecule has 98 valence electrons. The minimum atomic E-state index is 0.0545. The molecule has 2 unspecified atom stereocenters. The number of hydrogen-bond acceptors (Lipinski definition) is 2.